The number of hydrogen-bond donors (Lipinski definition) is 2. The molecule has 2 N–H and O–H groups in total. The number of amides is 1. The van der Waals surface area contributed by atoms with E-state index in [1.165, 1.54) is 20.8 Å². The highest BCUT2D eigenvalue weighted by atomic mass is 32.2. The number of nitrogens with one attached hydrogen (secondary N) is 1. The van der Waals surface area contributed by atoms with Gasteiger partial charge >= 0.3 is 11.9 Å². The Bertz CT molecular complexity index is 684. The van der Waals surface area contributed by atoms with Crippen molar-refractivity contribution in [1.29, 1.82) is 0 Å². The summed E-state index contributed by atoms with van der Waals surface area (Å²) < 4.78 is 38.5. The van der Waals surface area contributed by atoms with Gasteiger partial charge in [0.05, 0.1) is 18.3 Å². The van der Waals surface area contributed by atoms with E-state index in [9.17, 15) is 27.9 Å². The number of carbonyl (C=O) groups excluding carboxylic acids is 3. The van der Waals surface area contributed by atoms with Crippen molar-refractivity contribution >= 4 is 28.0 Å². The molecule has 0 aromatic heterocycles. The molecule has 0 bridgehead atoms. The molecule has 0 saturated heterocycles. The number of ether oxygens (including phenoxy) is 2. The molecule has 10 nitrogen and oxygen atoms in total. The molecule has 0 radical (unpaired) electrons. The fraction of sp³-hybridized carbons (Fsp3) is 0.842. The molecular formula is C19H33NO9S. The van der Waals surface area contributed by atoms with Gasteiger partial charge in [-0.1, -0.05) is 33.1 Å². The van der Waals surface area contributed by atoms with E-state index in [1.807, 2.05) is 0 Å². The molecular weight excluding hydrogens is 418 g/mol. The number of rotatable bonds is 12. The van der Waals surface area contributed by atoms with Gasteiger partial charge in [-0.25, -0.2) is 4.79 Å². The quantitative estimate of drug-likeness (QED) is 0.191. The maximum atomic E-state index is 12.0. The standard InChI is InChI=1S/C19H33NO9S/c1-14(21)20-10-7-11-30(25,26)29-12-19(2,3)16(22)18(24)28-13-27-17(23)15-8-5-4-6-9-15/h15-16,22H,4-13H2,1-3H3,(H,20,21)/t16-/m0/s1. The molecule has 174 valence electrons. The molecule has 1 rings (SSSR count). The van der Waals surface area contributed by atoms with Gasteiger partial charge in [-0.15, -0.1) is 0 Å². The molecule has 1 fully saturated rings. The molecule has 1 aliphatic rings. The normalized spacial score (nSPS) is 16.5. The maximum Gasteiger partial charge on any atom is 0.338 e. The van der Waals surface area contributed by atoms with Gasteiger partial charge in [0.25, 0.3) is 10.1 Å². The minimum absolute atomic E-state index is 0.166. The first-order valence-corrected chi connectivity index (χ1v) is 11.7. The van der Waals surface area contributed by atoms with Gasteiger partial charge in [0, 0.05) is 18.9 Å². The second kappa shape index (κ2) is 12.2. The van der Waals surface area contributed by atoms with E-state index in [0.717, 1.165) is 32.1 Å². The Labute approximate surface area is 177 Å². The van der Waals surface area contributed by atoms with E-state index < -0.39 is 47.0 Å². The van der Waals surface area contributed by atoms with E-state index in [4.69, 9.17) is 13.7 Å². The van der Waals surface area contributed by atoms with Crippen molar-refractivity contribution in [1.82, 2.24) is 5.32 Å². The molecule has 0 aromatic rings. The first-order chi connectivity index (χ1) is 13.9. The van der Waals surface area contributed by atoms with Gasteiger partial charge in [0.15, 0.2) is 6.10 Å². The van der Waals surface area contributed by atoms with Gasteiger partial charge in [-0.3, -0.25) is 13.8 Å². The van der Waals surface area contributed by atoms with Crippen molar-refractivity contribution in [2.75, 3.05) is 25.7 Å². The van der Waals surface area contributed by atoms with Crippen LogP contribution in [0.2, 0.25) is 0 Å². The predicted molar refractivity (Wildman–Crippen MR) is 106 cm³/mol. The third-order valence-electron chi connectivity index (χ3n) is 4.86. The minimum atomic E-state index is -3.90. The van der Waals surface area contributed by atoms with Gasteiger partial charge < -0.3 is 19.9 Å². The molecule has 1 atom stereocenters. The van der Waals surface area contributed by atoms with Crippen molar-refractivity contribution in [2.24, 2.45) is 11.3 Å². The van der Waals surface area contributed by atoms with Crippen LogP contribution in [0.3, 0.4) is 0 Å². The summed E-state index contributed by atoms with van der Waals surface area (Å²) in [5, 5.41) is 12.7. The van der Waals surface area contributed by atoms with Crippen LogP contribution in [0.1, 0.15) is 59.3 Å². The number of carbonyl (C=O) groups is 3. The average molecular weight is 452 g/mol. The molecule has 0 unspecified atom stereocenters. The Hall–Kier alpha value is -1.72. The van der Waals surface area contributed by atoms with Gasteiger partial charge in [-0.2, -0.15) is 8.42 Å². The lowest BCUT2D eigenvalue weighted by molar-refractivity contribution is -0.180. The number of esters is 2. The van der Waals surface area contributed by atoms with Crippen molar-refractivity contribution in [3.63, 3.8) is 0 Å². The highest BCUT2D eigenvalue weighted by Crippen LogP contribution is 2.25. The monoisotopic (exact) mass is 451 g/mol. The third kappa shape index (κ3) is 9.86. The van der Waals surface area contributed by atoms with Crippen LogP contribution >= 0.6 is 0 Å². The van der Waals surface area contributed by atoms with Crippen LogP contribution in [0.25, 0.3) is 0 Å². The number of aliphatic hydroxyl groups excluding tert-OH is 1. The molecule has 11 heteroatoms. The van der Waals surface area contributed by atoms with Crippen LogP contribution in [-0.2, 0) is 38.2 Å². The Morgan fingerprint density at radius 2 is 1.77 bits per heavy atom. The molecule has 1 amide bonds. The van der Waals surface area contributed by atoms with Crippen molar-refractivity contribution in [3.8, 4) is 0 Å². The zero-order chi connectivity index (χ0) is 22.8. The molecule has 0 spiro atoms. The van der Waals surface area contributed by atoms with E-state index in [-0.39, 0.29) is 30.5 Å². The Morgan fingerprint density at radius 3 is 2.37 bits per heavy atom. The van der Waals surface area contributed by atoms with Crippen molar-refractivity contribution in [2.45, 2.75) is 65.4 Å². The second-order valence-corrected chi connectivity index (χ2v) is 9.89. The van der Waals surface area contributed by atoms with Crippen LogP contribution in [0.4, 0.5) is 0 Å². The smallest absolute Gasteiger partial charge is 0.338 e. The first kappa shape index (κ1) is 26.3. The highest BCUT2D eigenvalue weighted by Gasteiger charge is 2.37. The topological polar surface area (TPSA) is 145 Å². The fourth-order valence-electron chi connectivity index (χ4n) is 2.89. The molecule has 0 heterocycles. The van der Waals surface area contributed by atoms with Gasteiger partial charge in [0.1, 0.15) is 0 Å². The second-order valence-electron chi connectivity index (χ2n) is 8.13. The van der Waals surface area contributed by atoms with Gasteiger partial charge in [-0.05, 0) is 19.3 Å². The van der Waals surface area contributed by atoms with Crippen molar-refractivity contribution < 1.29 is 41.6 Å². The number of aliphatic hydroxyl groups is 1. The summed E-state index contributed by atoms with van der Waals surface area (Å²) in [7, 11) is -3.90. The summed E-state index contributed by atoms with van der Waals surface area (Å²) in [6.07, 6.45) is 3.00. The Balaban J connectivity index is 2.38. The van der Waals surface area contributed by atoms with Crippen LogP contribution in [0.15, 0.2) is 0 Å². The Morgan fingerprint density at radius 1 is 1.13 bits per heavy atom. The van der Waals surface area contributed by atoms with Crippen LogP contribution < -0.4 is 5.32 Å². The molecule has 30 heavy (non-hydrogen) atoms. The lowest BCUT2D eigenvalue weighted by Gasteiger charge is -2.28. The number of hydrogen-bond acceptors (Lipinski definition) is 9. The molecule has 0 aromatic carbocycles. The Kier molecular flexibility index (Phi) is 10.7. The lowest BCUT2D eigenvalue weighted by atomic mass is 9.88. The maximum absolute atomic E-state index is 12.0. The summed E-state index contributed by atoms with van der Waals surface area (Å²) in [5.74, 6) is -2.24. The summed E-state index contributed by atoms with van der Waals surface area (Å²) in [6.45, 7) is 3.34. The largest absolute Gasteiger partial charge is 0.428 e. The average Bonchev–Trinajstić information content (AvgIpc) is 2.69. The van der Waals surface area contributed by atoms with E-state index >= 15 is 0 Å². The van der Waals surface area contributed by atoms with Crippen LogP contribution in [0.5, 0.6) is 0 Å². The predicted octanol–water partition coefficient (Wildman–Crippen LogP) is 0.870. The van der Waals surface area contributed by atoms with Crippen LogP contribution in [0, 0.1) is 11.3 Å². The van der Waals surface area contributed by atoms with E-state index in [2.05, 4.69) is 5.32 Å². The van der Waals surface area contributed by atoms with Crippen LogP contribution in [-0.4, -0.2) is 63.2 Å². The summed E-state index contributed by atoms with van der Waals surface area (Å²) in [6, 6.07) is 0. The summed E-state index contributed by atoms with van der Waals surface area (Å²) in [4.78, 5) is 34.7. The SMILES string of the molecule is CC(=O)NCCCS(=O)(=O)OCC(C)(C)[C@@H](O)C(=O)OCOC(=O)C1CCCCC1. The molecule has 1 aliphatic carbocycles. The zero-order valence-electron chi connectivity index (χ0n) is 17.8. The summed E-state index contributed by atoms with van der Waals surface area (Å²) in [5.41, 5.74) is -1.27. The van der Waals surface area contributed by atoms with Crippen molar-refractivity contribution in [3.05, 3.63) is 0 Å². The fourth-order valence-corrected chi connectivity index (χ4v) is 3.99. The third-order valence-corrected chi connectivity index (χ3v) is 6.13. The van der Waals surface area contributed by atoms with E-state index in [1.54, 1.807) is 0 Å². The van der Waals surface area contributed by atoms with E-state index in [0.29, 0.717) is 0 Å². The highest BCUT2D eigenvalue weighted by molar-refractivity contribution is 7.86. The lowest BCUT2D eigenvalue weighted by Crippen LogP contribution is -2.42. The molecule has 0 aliphatic heterocycles. The zero-order valence-corrected chi connectivity index (χ0v) is 18.7. The molecule has 1 saturated carbocycles. The first-order valence-electron chi connectivity index (χ1n) is 10.1. The minimum Gasteiger partial charge on any atom is -0.428 e. The summed E-state index contributed by atoms with van der Waals surface area (Å²) >= 11 is 0. The van der Waals surface area contributed by atoms with Gasteiger partial charge in [0.2, 0.25) is 12.7 Å².